The zero-order valence-electron chi connectivity index (χ0n) is 17.3. The molecule has 0 saturated heterocycles. The number of halogens is 3. The number of alkyl halides is 3. The number of aliphatic hydroxyl groups is 1. The van der Waals surface area contributed by atoms with Crippen LogP contribution >= 0.6 is 0 Å². The van der Waals surface area contributed by atoms with E-state index in [4.69, 9.17) is 0 Å². The molecule has 5 rings (SSSR count). The van der Waals surface area contributed by atoms with Crippen LogP contribution in [0.25, 0.3) is 5.69 Å². The first-order valence-corrected chi connectivity index (χ1v) is 10.2. The molecule has 1 unspecified atom stereocenters. The molecule has 3 heterocycles. The molecule has 5 nitrogen and oxygen atoms in total. The van der Waals surface area contributed by atoms with Crippen molar-refractivity contribution < 1.29 is 18.3 Å². The Bertz CT molecular complexity index is 1270. The highest BCUT2D eigenvalue weighted by atomic mass is 19.4. The molecular weight excluding hydrogens is 417 g/mol. The fourth-order valence-electron chi connectivity index (χ4n) is 4.22. The maximum atomic E-state index is 14.1. The van der Waals surface area contributed by atoms with Gasteiger partial charge in [0.1, 0.15) is 0 Å². The Morgan fingerprint density at radius 1 is 0.969 bits per heavy atom. The first kappa shape index (κ1) is 20.4. The number of fused-ring (bicyclic) bond motifs is 2. The van der Waals surface area contributed by atoms with Crippen molar-refractivity contribution in [2.45, 2.75) is 32.4 Å². The molecule has 2 aromatic heterocycles. The van der Waals surface area contributed by atoms with E-state index in [-0.39, 0.29) is 17.8 Å². The van der Waals surface area contributed by atoms with Crippen LogP contribution in [0, 0.1) is 6.92 Å². The Morgan fingerprint density at radius 3 is 2.53 bits per heavy atom. The van der Waals surface area contributed by atoms with Crippen LogP contribution in [0.15, 0.2) is 73.1 Å². The number of aliphatic hydroxyl groups excluding tert-OH is 1. The molecule has 1 N–H and O–H groups in total. The molecule has 4 aromatic rings. The molecule has 0 spiro atoms. The molecule has 8 heteroatoms. The van der Waals surface area contributed by atoms with Gasteiger partial charge in [-0.15, -0.1) is 0 Å². The minimum absolute atomic E-state index is 0.195. The van der Waals surface area contributed by atoms with E-state index in [9.17, 15) is 18.3 Å². The number of aromatic nitrogens is 3. The Kier molecular flexibility index (Phi) is 4.82. The second kappa shape index (κ2) is 7.56. The number of aryl methyl sites for hydroxylation is 1. The maximum Gasteiger partial charge on any atom is 0.416 e. The molecule has 164 valence electrons. The van der Waals surface area contributed by atoms with E-state index in [1.54, 1.807) is 30.2 Å². The Morgan fingerprint density at radius 2 is 1.78 bits per heavy atom. The monoisotopic (exact) mass is 438 g/mol. The summed E-state index contributed by atoms with van der Waals surface area (Å²) in [6.45, 7) is 2.64. The van der Waals surface area contributed by atoms with Crippen LogP contribution in [0.2, 0.25) is 0 Å². The molecule has 0 amide bonds. The molecule has 1 aliphatic rings. The summed E-state index contributed by atoms with van der Waals surface area (Å²) in [5.41, 5.74) is 2.46. The largest absolute Gasteiger partial charge is 0.416 e. The van der Waals surface area contributed by atoms with Gasteiger partial charge in [0.15, 0.2) is 6.23 Å². The third-order valence-electron chi connectivity index (χ3n) is 5.80. The Balaban J connectivity index is 1.61. The van der Waals surface area contributed by atoms with Crippen molar-refractivity contribution in [3.05, 3.63) is 101 Å². The van der Waals surface area contributed by atoms with E-state index in [1.807, 2.05) is 47.2 Å². The Hall–Kier alpha value is -3.52. The fourth-order valence-corrected chi connectivity index (χ4v) is 4.22. The van der Waals surface area contributed by atoms with Crippen LogP contribution in [0.3, 0.4) is 0 Å². The minimum Gasteiger partial charge on any atom is -0.369 e. The smallest absolute Gasteiger partial charge is 0.369 e. The summed E-state index contributed by atoms with van der Waals surface area (Å²) in [7, 11) is 0. The Labute approximate surface area is 182 Å². The van der Waals surface area contributed by atoms with Gasteiger partial charge in [0.25, 0.3) is 0 Å². The van der Waals surface area contributed by atoms with Gasteiger partial charge in [0.05, 0.1) is 23.5 Å². The number of rotatable bonds is 3. The summed E-state index contributed by atoms with van der Waals surface area (Å²) in [5, 5.41) is 15.5. The summed E-state index contributed by atoms with van der Waals surface area (Å²) in [6.07, 6.45) is -2.58. The average Bonchev–Trinajstić information content (AvgIpc) is 3.36. The highest BCUT2D eigenvalue weighted by Gasteiger charge is 2.37. The quantitative estimate of drug-likeness (QED) is 0.486. The molecule has 0 fully saturated rings. The van der Waals surface area contributed by atoms with E-state index in [2.05, 4.69) is 5.10 Å². The molecule has 0 aliphatic carbocycles. The summed E-state index contributed by atoms with van der Waals surface area (Å²) < 4.78 is 45.7. The van der Waals surface area contributed by atoms with E-state index in [0.29, 0.717) is 17.9 Å². The van der Waals surface area contributed by atoms with Gasteiger partial charge >= 0.3 is 6.18 Å². The lowest BCUT2D eigenvalue weighted by Gasteiger charge is -2.32. The molecule has 2 aromatic carbocycles. The van der Waals surface area contributed by atoms with Crippen LogP contribution in [0.5, 0.6) is 0 Å². The molecule has 0 radical (unpaired) electrons. The van der Waals surface area contributed by atoms with E-state index in [0.717, 1.165) is 17.3 Å². The van der Waals surface area contributed by atoms with Crippen molar-refractivity contribution >= 4 is 5.69 Å². The van der Waals surface area contributed by atoms with Crippen LogP contribution in [-0.4, -0.2) is 19.5 Å². The van der Waals surface area contributed by atoms with Crippen LogP contribution in [0.4, 0.5) is 18.9 Å². The second-order valence-corrected chi connectivity index (χ2v) is 7.93. The van der Waals surface area contributed by atoms with Crippen molar-refractivity contribution in [1.29, 1.82) is 0 Å². The predicted octanol–water partition coefficient (Wildman–Crippen LogP) is 5.06. The number of anilines is 1. The van der Waals surface area contributed by atoms with Crippen molar-refractivity contribution in [3.63, 3.8) is 0 Å². The van der Waals surface area contributed by atoms with E-state index in [1.165, 1.54) is 10.7 Å². The first-order valence-electron chi connectivity index (χ1n) is 10.2. The molecule has 0 saturated carbocycles. The summed E-state index contributed by atoms with van der Waals surface area (Å²) in [4.78, 5) is 1.62. The van der Waals surface area contributed by atoms with Gasteiger partial charge < -0.3 is 14.6 Å². The third kappa shape index (κ3) is 3.56. The van der Waals surface area contributed by atoms with Gasteiger partial charge in [0.2, 0.25) is 0 Å². The SMILES string of the molecule is Cc1ccn(-c2ccc(C(O)N3Cc4cccn4Cc4ccccc43)c(C(F)(F)F)c2)n1. The van der Waals surface area contributed by atoms with Crippen LogP contribution < -0.4 is 4.90 Å². The minimum atomic E-state index is -4.64. The fraction of sp³-hybridized carbons (Fsp3) is 0.208. The van der Waals surface area contributed by atoms with E-state index >= 15 is 0 Å². The number of hydrogen-bond donors (Lipinski definition) is 1. The summed E-state index contributed by atoms with van der Waals surface area (Å²) >= 11 is 0. The highest BCUT2D eigenvalue weighted by molar-refractivity contribution is 5.57. The predicted molar refractivity (Wildman–Crippen MR) is 114 cm³/mol. The highest BCUT2D eigenvalue weighted by Crippen LogP contribution is 2.40. The number of hydrogen-bond acceptors (Lipinski definition) is 3. The molecule has 1 atom stereocenters. The van der Waals surface area contributed by atoms with Gasteiger partial charge in [-0.05, 0) is 48.9 Å². The standard InChI is InChI=1S/C24H21F3N4O/c1-16-10-12-31(28-16)18-8-9-20(21(13-18)24(25,26)27)23(32)30-15-19-6-4-11-29(19)14-17-5-2-3-7-22(17)30/h2-13,23,32H,14-15H2,1H3. The van der Waals surface area contributed by atoms with Crippen molar-refractivity contribution in [1.82, 2.24) is 14.3 Å². The lowest BCUT2D eigenvalue weighted by molar-refractivity contribution is -0.139. The van der Waals surface area contributed by atoms with Crippen molar-refractivity contribution in [2.24, 2.45) is 0 Å². The number of nitrogens with zero attached hydrogens (tertiary/aromatic N) is 4. The lowest BCUT2D eigenvalue weighted by atomic mass is 10.0. The van der Waals surface area contributed by atoms with Gasteiger partial charge in [0, 0.05) is 35.9 Å². The maximum absolute atomic E-state index is 14.1. The summed E-state index contributed by atoms with van der Waals surface area (Å²) in [6, 6.07) is 16.9. The van der Waals surface area contributed by atoms with Gasteiger partial charge in [-0.3, -0.25) is 0 Å². The topological polar surface area (TPSA) is 46.2 Å². The third-order valence-corrected chi connectivity index (χ3v) is 5.80. The summed E-state index contributed by atoms with van der Waals surface area (Å²) in [5.74, 6) is 0. The zero-order chi connectivity index (χ0) is 22.5. The zero-order valence-corrected chi connectivity index (χ0v) is 17.3. The molecule has 1 aliphatic heterocycles. The van der Waals surface area contributed by atoms with Gasteiger partial charge in [-0.25, -0.2) is 4.68 Å². The average molecular weight is 438 g/mol. The van der Waals surface area contributed by atoms with Gasteiger partial charge in [-0.2, -0.15) is 18.3 Å². The van der Waals surface area contributed by atoms with Crippen LogP contribution in [-0.2, 0) is 19.3 Å². The van der Waals surface area contributed by atoms with Crippen LogP contribution in [0.1, 0.15) is 34.3 Å². The molecule has 32 heavy (non-hydrogen) atoms. The molecule has 0 bridgehead atoms. The molecular formula is C24H21F3N4O. The number of benzene rings is 2. The normalized spacial score (nSPS) is 14.6. The van der Waals surface area contributed by atoms with Gasteiger partial charge in [-0.1, -0.05) is 24.3 Å². The second-order valence-electron chi connectivity index (χ2n) is 7.93. The first-order chi connectivity index (χ1) is 15.3. The van der Waals surface area contributed by atoms with Crippen molar-refractivity contribution in [3.8, 4) is 5.69 Å². The van der Waals surface area contributed by atoms with Crippen molar-refractivity contribution in [2.75, 3.05) is 4.90 Å². The number of para-hydroxylation sites is 1. The lowest BCUT2D eigenvalue weighted by Crippen LogP contribution is -2.30. The van der Waals surface area contributed by atoms with E-state index < -0.39 is 18.0 Å².